The van der Waals surface area contributed by atoms with Gasteiger partial charge in [0.15, 0.2) is 0 Å². The first-order valence-corrected chi connectivity index (χ1v) is 6.46. The van der Waals surface area contributed by atoms with Gasteiger partial charge in [-0.2, -0.15) is 0 Å². The van der Waals surface area contributed by atoms with Crippen LogP contribution >= 0.6 is 11.8 Å². The standard InChI is InChI=1S/C13H16S/c1-14-13-9-5-8-12(10-13)11-6-3-2-4-7-11/h5-6,8-10H,2-4,7H2,1H3. The summed E-state index contributed by atoms with van der Waals surface area (Å²) in [5.41, 5.74) is 2.98. The maximum Gasteiger partial charge on any atom is 0.00751 e. The zero-order valence-corrected chi connectivity index (χ0v) is 9.44. The lowest BCUT2D eigenvalue weighted by Crippen LogP contribution is -1.91. The van der Waals surface area contributed by atoms with E-state index in [1.807, 2.05) is 11.8 Å². The molecular formula is C13H16S. The monoisotopic (exact) mass is 204 g/mol. The quantitative estimate of drug-likeness (QED) is 0.645. The molecule has 1 aliphatic carbocycles. The summed E-state index contributed by atoms with van der Waals surface area (Å²) in [6.07, 6.45) is 9.79. The van der Waals surface area contributed by atoms with Gasteiger partial charge in [-0.25, -0.2) is 0 Å². The predicted molar refractivity (Wildman–Crippen MR) is 64.7 cm³/mol. The van der Waals surface area contributed by atoms with Crippen LogP contribution in [0.1, 0.15) is 31.2 Å². The van der Waals surface area contributed by atoms with E-state index in [0.717, 1.165) is 0 Å². The fraction of sp³-hybridized carbons (Fsp3) is 0.385. The summed E-state index contributed by atoms with van der Waals surface area (Å²) in [7, 11) is 0. The summed E-state index contributed by atoms with van der Waals surface area (Å²) in [6.45, 7) is 0. The van der Waals surface area contributed by atoms with Crippen LogP contribution in [0, 0.1) is 0 Å². The predicted octanol–water partition coefficient (Wildman–Crippen LogP) is 4.37. The van der Waals surface area contributed by atoms with Gasteiger partial charge < -0.3 is 0 Å². The van der Waals surface area contributed by atoms with Gasteiger partial charge in [0.25, 0.3) is 0 Å². The van der Waals surface area contributed by atoms with Crippen LogP contribution in [0.3, 0.4) is 0 Å². The molecule has 0 saturated carbocycles. The van der Waals surface area contributed by atoms with Crippen molar-refractivity contribution in [3.05, 3.63) is 35.9 Å². The maximum absolute atomic E-state index is 2.41. The molecule has 0 heterocycles. The highest BCUT2D eigenvalue weighted by Crippen LogP contribution is 2.28. The van der Waals surface area contributed by atoms with E-state index in [2.05, 4.69) is 36.6 Å². The Morgan fingerprint density at radius 3 is 2.86 bits per heavy atom. The van der Waals surface area contributed by atoms with Gasteiger partial charge in [0, 0.05) is 4.90 Å². The minimum Gasteiger partial charge on any atom is -0.130 e. The van der Waals surface area contributed by atoms with Gasteiger partial charge in [0.1, 0.15) is 0 Å². The van der Waals surface area contributed by atoms with Gasteiger partial charge in [0.2, 0.25) is 0 Å². The van der Waals surface area contributed by atoms with Gasteiger partial charge in [-0.15, -0.1) is 11.8 Å². The third-order valence-corrected chi connectivity index (χ3v) is 3.46. The zero-order valence-electron chi connectivity index (χ0n) is 8.62. The number of hydrogen-bond donors (Lipinski definition) is 0. The van der Waals surface area contributed by atoms with Crippen LogP contribution in [0.4, 0.5) is 0 Å². The zero-order chi connectivity index (χ0) is 9.80. The Morgan fingerprint density at radius 2 is 2.14 bits per heavy atom. The van der Waals surface area contributed by atoms with E-state index in [1.54, 1.807) is 5.57 Å². The van der Waals surface area contributed by atoms with E-state index in [4.69, 9.17) is 0 Å². The summed E-state index contributed by atoms with van der Waals surface area (Å²) >= 11 is 1.82. The molecule has 0 amide bonds. The molecule has 0 aliphatic heterocycles. The van der Waals surface area contributed by atoms with Crippen LogP contribution in [0.2, 0.25) is 0 Å². The van der Waals surface area contributed by atoms with Crippen molar-refractivity contribution in [2.24, 2.45) is 0 Å². The molecule has 1 heteroatoms. The lowest BCUT2D eigenvalue weighted by atomic mass is 9.94. The molecule has 0 radical (unpaired) electrons. The Morgan fingerprint density at radius 1 is 1.21 bits per heavy atom. The Hall–Kier alpha value is -0.690. The Labute approximate surface area is 90.4 Å². The Bertz CT molecular complexity index is 339. The summed E-state index contributed by atoms with van der Waals surface area (Å²) < 4.78 is 0. The summed E-state index contributed by atoms with van der Waals surface area (Å²) in [6, 6.07) is 8.88. The average molecular weight is 204 g/mol. The second-order valence-electron chi connectivity index (χ2n) is 3.71. The van der Waals surface area contributed by atoms with Crippen LogP contribution in [-0.4, -0.2) is 6.26 Å². The summed E-state index contributed by atoms with van der Waals surface area (Å²) in [4.78, 5) is 1.37. The molecule has 0 N–H and O–H groups in total. The first-order chi connectivity index (χ1) is 6.90. The van der Waals surface area contributed by atoms with Crippen molar-refractivity contribution in [2.75, 3.05) is 6.26 Å². The topological polar surface area (TPSA) is 0 Å². The van der Waals surface area contributed by atoms with E-state index in [-0.39, 0.29) is 0 Å². The molecule has 0 unspecified atom stereocenters. The Kier molecular flexibility index (Phi) is 3.30. The first kappa shape index (κ1) is 9.85. The van der Waals surface area contributed by atoms with Crippen molar-refractivity contribution < 1.29 is 0 Å². The highest BCUT2D eigenvalue weighted by Gasteiger charge is 2.05. The van der Waals surface area contributed by atoms with Gasteiger partial charge in [-0.1, -0.05) is 18.2 Å². The molecule has 0 atom stereocenters. The minimum atomic E-state index is 1.26. The van der Waals surface area contributed by atoms with Crippen molar-refractivity contribution in [3.8, 4) is 0 Å². The minimum absolute atomic E-state index is 1.26. The van der Waals surface area contributed by atoms with Crippen molar-refractivity contribution in [1.29, 1.82) is 0 Å². The molecule has 0 bridgehead atoms. The van der Waals surface area contributed by atoms with Gasteiger partial charge in [-0.05, 0) is 55.2 Å². The summed E-state index contributed by atoms with van der Waals surface area (Å²) in [5.74, 6) is 0. The smallest absolute Gasteiger partial charge is 0.00751 e. The average Bonchev–Trinajstić information content (AvgIpc) is 2.30. The third kappa shape index (κ3) is 2.21. The molecule has 0 saturated heterocycles. The highest BCUT2D eigenvalue weighted by atomic mass is 32.2. The van der Waals surface area contributed by atoms with E-state index in [0.29, 0.717) is 0 Å². The van der Waals surface area contributed by atoms with Crippen molar-refractivity contribution in [1.82, 2.24) is 0 Å². The van der Waals surface area contributed by atoms with E-state index in [1.165, 1.54) is 36.1 Å². The van der Waals surface area contributed by atoms with Crippen LogP contribution < -0.4 is 0 Å². The van der Waals surface area contributed by atoms with Gasteiger partial charge in [0.05, 0.1) is 0 Å². The SMILES string of the molecule is CSc1cccc(C2=CCCCC2)c1. The summed E-state index contributed by atoms with van der Waals surface area (Å²) in [5, 5.41) is 0. The number of thioether (sulfide) groups is 1. The molecule has 0 fully saturated rings. The van der Waals surface area contributed by atoms with Gasteiger partial charge in [-0.3, -0.25) is 0 Å². The molecule has 1 aliphatic rings. The molecule has 0 spiro atoms. The fourth-order valence-corrected chi connectivity index (χ4v) is 2.38. The number of benzene rings is 1. The molecule has 2 rings (SSSR count). The molecular weight excluding hydrogens is 188 g/mol. The fourth-order valence-electron chi connectivity index (χ4n) is 1.92. The second-order valence-corrected chi connectivity index (χ2v) is 4.59. The highest BCUT2D eigenvalue weighted by molar-refractivity contribution is 7.98. The van der Waals surface area contributed by atoms with Gasteiger partial charge >= 0.3 is 0 Å². The third-order valence-electron chi connectivity index (χ3n) is 2.73. The molecule has 1 aromatic carbocycles. The molecule has 74 valence electrons. The molecule has 14 heavy (non-hydrogen) atoms. The van der Waals surface area contributed by atoms with E-state index >= 15 is 0 Å². The second kappa shape index (κ2) is 4.70. The Balaban J connectivity index is 2.26. The van der Waals surface area contributed by atoms with Crippen molar-refractivity contribution >= 4 is 17.3 Å². The lowest BCUT2D eigenvalue weighted by Gasteiger charge is -2.13. The number of rotatable bonds is 2. The number of allylic oxidation sites excluding steroid dienone is 2. The van der Waals surface area contributed by atoms with Crippen LogP contribution in [-0.2, 0) is 0 Å². The first-order valence-electron chi connectivity index (χ1n) is 5.23. The van der Waals surface area contributed by atoms with E-state index in [9.17, 15) is 0 Å². The molecule has 1 aromatic rings. The maximum atomic E-state index is 2.41. The molecule has 0 aromatic heterocycles. The molecule has 0 nitrogen and oxygen atoms in total. The van der Waals surface area contributed by atoms with Crippen LogP contribution in [0.5, 0.6) is 0 Å². The largest absolute Gasteiger partial charge is 0.130 e. The van der Waals surface area contributed by atoms with Crippen LogP contribution in [0.25, 0.3) is 5.57 Å². The van der Waals surface area contributed by atoms with Crippen molar-refractivity contribution in [3.63, 3.8) is 0 Å². The van der Waals surface area contributed by atoms with E-state index < -0.39 is 0 Å². The number of hydrogen-bond acceptors (Lipinski definition) is 1. The van der Waals surface area contributed by atoms with Crippen molar-refractivity contribution in [2.45, 2.75) is 30.6 Å². The lowest BCUT2D eigenvalue weighted by molar-refractivity contribution is 0.742. The van der Waals surface area contributed by atoms with Crippen LogP contribution in [0.15, 0.2) is 35.2 Å². The normalized spacial score (nSPS) is 16.5.